The lowest BCUT2D eigenvalue weighted by atomic mass is 9.97. The average molecular weight is 349 g/mol. The molecule has 138 valence electrons. The molecule has 3 unspecified atom stereocenters. The number of morpholine rings is 1. The van der Waals surface area contributed by atoms with Crippen LogP contribution in [0.5, 0.6) is 0 Å². The summed E-state index contributed by atoms with van der Waals surface area (Å²) >= 11 is 0. The minimum atomic E-state index is -0.433. The van der Waals surface area contributed by atoms with Crippen LogP contribution in [0.15, 0.2) is 18.2 Å². The largest absolute Gasteiger partial charge is 0.390 e. The fourth-order valence-corrected chi connectivity index (χ4v) is 4.06. The number of fused-ring (bicyclic) bond motifs is 1. The van der Waals surface area contributed by atoms with Gasteiger partial charge in [-0.25, -0.2) is 0 Å². The first-order valence-corrected chi connectivity index (χ1v) is 8.95. The van der Waals surface area contributed by atoms with E-state index in [4.69, 9.17) is 4.74 Å². The second kappa shape index (κ2) is 7.78. The van der Waals surface area contributed by atoms with Gasteiger partial charge in [-0.3, -0.25) is 19.9 Å². The minimum Gasteiger partial charge on any atom is -0.390 e. The van der Waals surface area contributed by atoms with Crippen LogP contribution < -0.4 is 0 Å². The number of aliphatic hydroxyl groups is 1. The Balaban J connectivity index is 1.56. The Morgan fingerprint density at radius 1 is 1.28 bits per heavy atom. The molecule has 2 aliphatic heterocycles. The van der Waals surface area contributed by atoms with Crippen molar-refractivity contribution in [3.63, 3.8) is 0 Å². The Kier molecular flexibility index (Phi) is 5.68. The Morgan fingerprint density at radius 3 is 2.64 bits per heavy atom. The molecule has 1 saturated heterocycles. The predicted octanol–water partition coefficient (Wildman–Crippen LogP) is 1.42. The third-order valence-electron chi connectivity index (χ3n) is 4.95. The summed E-state index contributed by atoms with van der Waals surface area (Å²) in [5.41, 5.74) is 2.06. The van der Waals surface area contributed by atoms with Gasteiger partial charge in [0.1, 0.15) is 0 Å². The van der Waals surface area contributed by atoms with Crippen LogP contribution in [0.4, 0.5) is 5.69 Å². The van der Waals surface area contributed by atoms with E-state index in [9.17, 15) is 15.2 Å². The van der Waals surface area contributed by atoms with Gasteiger partial charge in [-0.05, 0) is 25.8 Å². The van der Waals surface area contributed by atoms with Crippen molar-refractivity contribution >= 4 is 5.69 Å². The zero-order valence-electron chi connectivity index (χ0n) is 14.9. The Bertz CT molecular complexity index is 614. The summed E-state index contributed by atoms with van der Waals surface area (Å²) < 4.78 is 5.73. The van der Waals surface area contributed by atoms with E-state index >= 15 is 0 Å². The smallest absolute Gasteiger partial charge is 0.272 e. The van der Waals surface area contributed by atoms with Crippen molar-refractivity contribution in [3.05, 3.63) is 39.4 Å². The molecule has 0 aliphatic carbocycles. The lowest BCUT2D eigenvalue weighted by molar-refractivity contribution is -0.385. The van der Waals surface area contributed by atoms with Crippen molar-refractivity contribution < 1.29 is 14.8 Å². The van der Waals surface area contributed by atoms with Gasteiger partial charge in [0.15, 0.2) is 0 Å². The number of benzene rings is 1. The summed E-state index contributed by atoms with van der Waals surface area (Å²) in [5.74, 6) is 0. The number of nitro benzene ring substituents is 1. The second-order valence-electron chi connectivity index (χ2n) is 7.29. The molecule has 1 fully saturated rings. The van der Waals surface area contributed by atoms with Crippen molar-refractivity contribution in [2.24, 2.45) is 0 Å². The molecule has 0 saturated carbocycles. The molecule has 3 atom stereocenters. The van der Waals surface area contributed by atoms with E-state index in [1.165, 1.54) is 0 Å². The van der Waals surface area contributed by atoms with Gasteiger partial charge in [0.05, 0.1) is 23.2 Å². The van der Waals surface area contributed by atoms with Crippen LogP contribution >= 0.6 is 0 Å². The van der Waals surface area contributed by atoms with Gasteiger partial charge in [0.25, 0.3) is 5.69 Å². The molecule has 1 aromatic rings. The first-order valence-electron chi connectivity index (χ1n) is 8.95. The van der Waals surface area contributed by atoms with Crippen LogP contribution in [0.3, 0.4) is 0 Å². The van der Waals surface area contributed by atoms with Gasteiger partial charge in [0, 0.05) is 50.9 Å². The standard InChI is InChI=1S/C18H27N3O4/c1-13-8-20(9-14(2)25-13)12-16(22)11-19-7-6-17-15(10-19)4-3-5-18(17)21(23)24/h3-5,13-14,16,22H,6-12H2,1-2H3. The fraction of sp³-hybridized carbons (Fsp3) is 0.667. The van der Waals surface area contributed by atoms with Crippen molar-refractivity contribution in [1.29, 1.82) is 0 Å². The first kappa shape index (κ1) is 18.3. The molecule has 0 spiro atoms. The number of rotatable bonds is 5. The highest BCUT2D eigenvalue weighted by Gasteiger charge is 2.27. The number of β-amino-alcohol motifs (C(OH)–C–C–N with tert-alkyl or cyclic N) is 1. The molecule has 1 aromatic carbocycles. The molecule has 7 heteroatoms. The van der Waals surface area contributed by atoms with E-state index in [2.05, 4.69) is 23.6 Å². The van der Waals surface area contributed by atoms with Gasteiger partial charge >= 0.3 is 0 Å². The highest BCUT2D eigenvalue weighted by Crippen LogP contribution is 2.27. The van der Waals surface area contributed by atoms with Crippen LogP contribution in [-0.2, 0) is 17.7 Å². The Hall–Kier alpha value is -1.54. The highest BCUT2D eigenvalue weighted by atomic mass is 16.6. The summed E-state index contributed by atoms with van der Waals surface area (Å²) in [6.45, 7) is 8.42. The lowest BCUT2D eigenvalue weighted by Crippen LogP contribution is -2.50. The first-order chi connectivity index (χ1) is 11.9. The SMILES string of the molecule is CC1CN(CC(O)CN2CCc3c(cccc3[N+](=O)[O-])C2)CC(C)O1. The number of nitrogens with zero attached hydrogens (tertiary/aromatic N) is 3. The molecule has 0 radical (unpaired) electrons. The molecule has 2 heterocycles. The predicted molar refractivity (Wildman–Crippen MR) is 94.5 cm³/mol. The van der Waals surface area contributed by atoms with Crippen molar-refractivity contribution in [1.82, 2.24) is 9.80 Å². The van der Waals surface area contributed by atoms with Crippen molar-refractivity contribution in [2.75, 3.05) is 32.7 Å². The molecule has 7 nitrogen and oxygen atoms in total. The van der Waals surface area contributed by atoms with Crippen molar-refractivity contribution in [2.45, 2.75) is 45.1 Å². The van der Waals surface area contributed by atoms with Gasteiger partial charge in [-0.1, -0.05) is 12.1 Å². The maximum absolute atomic E-state index is 11.1. The maximum atomic E-state index is 11.1. The normalized spacial score (nSPS) is 26.2. The molecular formula is C18H27N3O4. The Labute approximate surface area is 148 Å². The zero-order valence-corrected chi connectivity index (χ0v) is 14.9. The quantitative estimate of drug-likeness (QED) is 0.640. The zero-order chi connectivity index (χ0) is 18.0. The van der Waals surface area contributed by atoms with Gasteiger partial charge in [-0.15, -0.1) is 0 Å². The average Bonchev–Trinajstić information content (AvgIpc) is 2.52. The summed E-state index contributed by atoms with van der Waals surface area (Å²) in [5, 5.41) is 21.6. The van der Waals surface area contributed by atoms with E-state index in [1.807, 2.05) is 6.07 Å². The van der Waals surface area contributed by atoms with E-state index in [0.29, 0.717) is 26.1 Å². The second-order valence-corrected chi connectivity index (χ2v) is 7.29. The summed E-state index contributed by atoms with van der Waals surface area (Å²) in [6, 6.07) is 5.27. The van der Waals surface area contributed by atoms with Crippen LogP contribution in [0.1, 0.15) is 25.0 Å². The van der Waals surface area contributed by atoms with Crippen LogP contribution in [-0.4, -0.2) is 70.9 Å². The van der Waals surface area contributed by atoms with E-state index in [0.717, 1.165) is 30.8 Å². The molecule has 0 bridgehead atoms. The third-order valence-corrected chi connectivity index (χ3v) is 4.95. The minimum absolute atomic E-state index is 0.193. The highest BCUT2D eigenvalue weighted by molar-refractivity contribution is 5.46. The monoisotopic (exact) mass is 349 g/mol. The molecule has 0 aromatic heterocycles. The van der Waals surface area contributed by atoms with Gasteiger partial charge in [-0.2, -0.15) is 0 Å². The van der Waals surface area contributed by atoms with Crippen LogP contribution in [0.2, 0.25) is 0 Å². The summed E-state index contributed by atoms with van der Waals surface area (Å²) in [6.07, 6.45) is 0.611. The van der Waals surface area contributed by atoms with Crippen LogP contribution in [0.25, 0.3) is 0 Å². The third kappa shape index (κ3) is 4.55. The molecular weight excluding hydrogens is 322 g/mol. The van der Waals surface area contributed by atoms with E-state index in [1.54, 1.807) is 12.1 Å². The number of hydrogen-bond acceptors (Lipinski definition) is 6. The molecule has 0 amide bonds. The Morgan fingerprint density at radius 2 is 1.96 bits per heavy atom. The van der Waals surface area contributed by atoms with E-state index in [-0.39, 0.29) is 22.8 Å². The van der Waals surface area contributed by atoms with Crippen LogP contribution in [0, 0.1) is 10.1 Å². The topological polar surface area (TPSA) is 79.1 Å². The van der Waals surface area contributed by atoms with Gasteiger partial charge < -0.3 is 9.84 Å². The van der Waals surface area contributed by atoms with Gasteiger partial charge in [0.2, 0.25) is 0 Å². The maximum Gasteiger partial charge on any atom is 0.272 e. The molecule has 2 aliphatic rings. The number of nitro groups is 1. The molecule has 1 N–H and O–H groups in total. The number of aliphatic hydroxyl groups excluding tert-OH is 1. The molecule has 3 rings (SSSR count). The summed E-state index contributed by atoms with van der Waals surface area (Å²) in [7, 11) is 0. The number of ether oxygens (including phenoxy) is 1. The van der Waals surface area contributed by atoms with E-state index < -0.39 is 6.10 Å². The molecule has 25 heavy (non-hydrogen) atoms. The lowest BCUT2D eigenvalue weighted by Gasteiger charge is -2.37. The van der Waals surface area contributed by atoms with Crippen molar-refractivity contribution in [3.8, 4) is 0 Å². The summed E-state index contributed by atoms with van der Waals surface area (Å²) in [4.78, 5) is 15.3. The fourth-order valence-electron chi connectivity index (χ4n) is 4.06. The number of hydrogen-bond donors (Lipinski definition) is 1.